The van der Waals surface area contributed by atoms with Gasteiger partial charge < -0.3 is 0 Å². The quantitative estimate of drug-likeness (QED) is 0.568. The summed E-state index contributed by atoms with van der Waals surface area (Å²) in [4.78, 5) is 18.7. The van der Waals surface area contributed by atoms with E-state index in [-0.39, 0.29) is 15.0 Å². The van der Waals surface area contributed by atoms with E-state index in [9.17, 15) is 4.79 Å². The second kappa shape index (κ2) is 8.20. The first-order chi connectivity index (χ1) is 13.1. The molecular weight excluding hydrogens is 417 g/mol. The van der Waals surface area contributed by atoms with Crippen LogP contribution in [-0.2, 0) is 4.74 Å². The number of nitrogens with zero attached hydrogens (tertiary/aromatic N) is 1. The summed E-state index contributed by atoms with van der Waals surface area (Å²) in [6.45, 7) is 0. The third kappa shape index (κ3) is 4.10. The van der Waals surface area contributed by atoms with Crippen LogP contribution in [0.5, 0.6) is 17.2 Å². The fraction of sp³-hybridized carbons (Fsp3) is 0.222. The molecule has 9 heteroatoms. The van der Waals surface area contributed by atoms with E-state index in [1.54, 1.807) is 21.3 Å². The molecule has 0 spiro atoms. The van der Waals surface area contributed by atoms with Gasteiger partial charge in [-0.1, -0.05) is 0 Å². The average Bonchev–Trinajstić information content (AvgIpc) is 3.08. The van der Waals surface area contributed by atoms with E-state index in [1.807, 2.05) is 30.3 Å². The first-order valence-electron chi connectivity index (χ1n) is 7.90. The number of aromatic nitrogens is 2. The third-order valence-electron chi connectivity index (χ3n) is 3.73. The minimum atomic E-state index is -0.573. The molecule has 0 saturated heterocycles. The Balaban J connectivity index is 1.89. The van der Waals surface area contributed by atoms with Gasteiger partial charge in [0, 0.05) is 0 Å². The van der Waals surface area contributed by atoms with Crippen LogP contribution in [-0.4, -0.2) is 59.5 Å². The molecule has 0 aliphatic rings. The normalized spacial score (nSPS) is 10.5. The Hall–Kier alpha value is -2.90. The van der Waals surface area contributed by atoms with Crippen LogP contribution in [0, 0.1) is 0 Å². The minimum absolute atomic E-state index is 0.00206. The molecule has 0 saturated carbocycles. The second-order valence-electron chi connectivity index (χ2n) is 5.34. The summed E-state index contributed by atoms with van der Waals surface area (Å²) < 4.78 is 23.0. The van der Waals surface area contributed by atoms with Gasteiger partial charge in [-0.2, -0.15) is 0 Å². The van der Waals surface area contributed by atoms with Gasteiger partial charge in [-0.25, -0.2) is 0 Å². The van der Waals surface area contributed by atoms with Crippen molar-refractivity contribution in [1.29, 1.82) is 0 Å². The van der Waals surface area contributed by atoms with Crippen LogP contribution in [0.2, 0.25) is 0 Å². The van der Waals surface area contributed by atoms with Crippen molar-refractivity contribution in [1.82, 2.24) is 9.97 Å². The molecular formula is C18H19N3O5Se. The van der Waals surface area contributed by atoms with Crippen molar-refractivity contribution >= 4 is 47.0 Å². The standard InChI is InChI=1S/C18H19N3O5Se/c1-23-14-8-11(9-15(24-2)16(14)25-3)27-10-5-6-12-13(7-10)20-17(19-12)21-18(22)26-4/h5-9H,1-4H3,(H2,19,20,21,22). The maximum absolute atomic E-state index is 11.3. The van der Waals surface area contributed by atoms with Gasteiger partial charge in [-0.3, -0.25) is 0 Å². The Bertz CT molecular complexity index is 948. The predicted octanol–water partition coefficient (Wildman–Crippen LogP) is 1.42. The SMILES string of the molecule is COC(=O)Nc1nc2ccc([Se]c3cc(OC)c(OC)c(OC)c3)cc2[nH]1. The molecule has 0 unspecified atom stereocenters. The predicted molar refractivity (Wildman–Crippen MR) is 103 cm³/mol. The van der Waals surface area contributed by atoms with Gasteiger partial charge in [0.15, 0.2) is 0 Å². The Morgan fingerprint density at radius 2 is 1.70 bits per heavy atom. The van der Waals surface area contributed by atoms with Crippen LogP contribution >= 0.6 is 0 Å². The molecule has 2 aromatic carbocycles. The fourth-order valence-electron chi connectivity index (χ4n) is 2.51. The number of carbonyl (C=O) groups excluding carboxylic acids is 1. The van der Waals surface area contributed by atoms with Crippen LogP contribution in [0.3, 0.4) is 0 Å². The molecule has 0 aliphatic heterocycles. The van der Waals surface area contributed by atoms with Gasteiger partial charge in [0.05, 0.1) is 0 Å². The van der Waals surface area contributed by atoms with Gasteiger partial charge in [0.2, 0.25) is 0 Å². The third-order valence-corrected chi connectivity index (χ3v) is 5.75. The van der Waals surface area contributed by atoms with E-state index in [1.165, 1.54) is 7.11 Å². The van der Waals surface area contributed by atoms with Crippen molar-refractivity contribution in [3.05, 3.63) is 30.3 Å². The monoisotopic (exact) mass is 437 g/mol. The number of rotatable bonds is 6. The van der Waals surface area contributed by atoms with Crippen molar-refractivity contribution in [2.24, 2.45) is 0 Å². The van der Waals surface area contributed by atoms with E-state index in [4.69, 9.17) is 14.2 Å². The van der Waals surface area contributed by atoms with Gasteiger partial charge in [-0.05, 0) is 0 Å². The zero-order valence-electron chi connectivity index (χ0n) is 15.3. The summed E-state index contributed by atoms with van der Waals surface area (Å²) in [6.07, 6.45) is -0.573. The maximum atomic E-state index is 11.3. The second-order valence-corrected chi connectivity index (χ2v) is 7.75. The van der Waals surface area contributed by atoms with Crippen LogP contribution < -0.4 is 28.5 Å². The van der Waals surface area contributed by atoms with Gasteiger partial charge in [-0.15, -0.1) is 0 Å². The molecule has 3 rings (SSSR count). The Morgan fingerprint density at radius 3 is 2.30 bits per heavy atom. The summed E-state index contributed by atoms with van der Waals surface area (Å²) in [5.41, 5.74) is 1.58. The van der Waals surface area contributed by atoms with E-state index in [2.05, 4.69) is 20.0 Å². The van der Waals surface area contributed by atoms with Gasteiger partial charge >= 0.3 is 162 Å². The van der Waals surface area contributed by atoms with Crippen molar-refractivity contribution in [3.63, 3.8) is 0 Å². The number of amides is 1. The molecule has 1 aromatic heterocycles. The molecule has 1 amide bonds. The zero-order chi connectivity index (χ0) is 19.4. The summed E-state index contributed by atoms with van der Waals surface area (Å²) in [6, 6.07) is 9.82. The number of aromatic amines is 1. The Morgan fingerprint density at radius 1 is 1.00 bits per heavy atom. The number of hydrogen-bond acceptors (Lipinski definition) is 6. The van der Waals surface area contributed by atoms with Gasteiger partial charge in [0.25, 0.3) is 0 Å². The number of fused-ring (bicyclic) bond motifs is 1. The van der Waals surface area contributed by atoms with Crippen LogP contribution in [0.4, 0.5) is 10.7 Å². The zero-order valence-corrected chi connectivity index (χ0v) is 17.0. The number of ether oxygens (including phenoxy) is 4. The number of methoxy groups -OCH3 is 4. The van der Waals surface area contributed by atoms with E-state index < -0.39 is 6.09 Å². The Kier molecular flexibility index (Phi) is 5.73. The molecule has 0 aliphatic carbocycles. The number of hydrogen-bond donors (Lipinski definition) is 2. The molecule has 27 heavy (non-hydrogen) atoms. The Labute approximate surface area is 162 Å². The number of nitrogens with one attached hydrogen (secondary N) is 2. The molecule has 2 N–H and O–H groups in total. The summed E-state index contributed by atoms with van der Waals surface area (Å²) >= 11 is 0.00206. The topological polar surface area (TPSA) is 94.7 Å². The van der Waals surface area contributed by atoms with Crippen molar-refractivity contribution in [2.75, 3.05) is 33.8 Å². The summed E-state index contributed by atoms with van der Waals surface area (Å²) in [7, 11) is 6.08. The van der Waals surface area contributed by atoms with E-state index in [0.29, 0.717) is 23.2 Å². The van der Waals surface area contributed by atoms with Gasteiger partial charge in [0.1, 0.15) is 0 Å². The number of benzene rings is 2. The van der Waals surface area contributed by atoms with E-state index >= 15 is 0 Å². The van der Waals surface area contributed by atoms with Crippen LogP contribution in [0.1, 0.15) is 0 Å². The number of carbonyl (C=O) groups is 1. The molecule has 0 fully saturated rings. The fourth-order valence-corrected chi connectivity index (χ4v) is 4.43. The van der Waals surface area contributed by atoms with Crippen molar-refractivity contribution in [2.45, 2.75) is 0 Å². The van der Waals surface area contributed by atoms with E-state index in [0.717, 1.165) is 20.0 Å². The summed E-state index contributed by atoms with van der Waals surface area (Å²) in [5.74, 6) is 2.16. The average molecular weight is 436 g/mol. The number of anilines is 1. The van der Waals surface area contributed by atoms with Crippen LogP contribution in [0.25, 0.3) is 11.0 Å². The number of H-pyrrole nitrogens is 1. The first kappa shape index (κ1) is 18.9. The van der Waals surface area contributed by atoms with Crippen molar-refractivity contribution in [3.8, 4) is 17.2 Å². The van der Waals surface area contributed by atoms with Crippen molar-refractivity contribution < 1.29 is 23.7 Å². The molecule has 0 radical (unpaired) electrons. The molecule has 142 valence electrons. The molecule has 0 bridgehead atoms. The number of imidazole rings is 1. The summed E-state index contributed by atoms with van der Waals surface area (Å²) in [5, 5.41) is 2.52. The van der Waals surface area contributed by atoms with Crippen LogP contribution in [0.15, 0.2) is 30.3 Å². The first-order valence-corrected chi connectivity index (χ1v) is 9.61. The molecule has 1 heterocycles. The molecule has 8 nitrogen and oxygen atoms in total. The molecule has 0 atom stereocenters. The molecule has 3 aromatic rings.